The Labute approximate surface area is 97.5 Å². The van der Waals surface area contributed by atoms with Crippen molar-refractivity contribution in [3.63, 3.8) is 0 Å². The summed E-state index contributed by atoms with van der Waals surface area (Å²) in [7, 11) is 0. The Kier molecular flexibility index (Phi) is 5.64. The molecule has 82 valence electrons. The van der Waals surface area contributed by atoms with E-state index in [1.54, 1.807) is 12.4 Å². The standard InChI is InChI=1S/C9H10.C6H7N/c1-2-6-9-7-4-3-5-8-9;1-6-2-4-7-5-3-6/h2-8H,1H3;2-5H,1H3/b6-2+;. The van der Waals surface area contributed by atoms with E-state index in [9.17, 15) is 0 Å². The van der Waals surface area contributed by atoms with Crippen LogP contribution in [0.3, 0.4) is 0 Å². The Morgan fingerprint density at radius 2 is 1.56 bits per heavy atom. The van der Waals surface area contributed by atoms with Crippen LogP contribution in [0, 0.1) is 6.92 Å². The zero-order valence-electron chi connectivity index (χ0n) is 9.80. The van der Waals surface area contributed by atoms with Crippen LogP contribution in [0.5, 0.6) is 0 Å². The number of aromatic nitrogens is 1. The minimum atomic E-state index is 1.26. The first-order valence-electron chi connectivity index (χ1n) is 5.37. The van der Waals surface area contributed by atoms with Crippen LogP contribution in [-0.2, 0) is 0 Å². The van der Waals surface area contributed by atoms with Crippen molar-refractivity contribution in [3.8, 4) is 0 Å². The SMILES string of the molecule is C/C=C/c1ccccc1.Cc1ccncc1. The lowest BCUT2D eigenvalue weighted by Gasteiger charge is -1.86. The first-order valence-corrected chi connectivity index (χ1v) is 5.37. The number of allylic oxidation sites excluding steroid dienone is 1. The van der Waals surface area contributed by atoms with Crippen molar-refractivity contribution in [1.29, 1.82) is 0 Å². The van der Waals surface area contributed by atoms with Gasteiger partial charge in [0.2, 0.25) is 0 Å². The summed E-state index contributed by atoms with van der Waals surface area (Å²) in [5.41, 5.74) is 2.52. The van der Waals surface area contributed by atoms with E-state index < -0.39 is 0 Å². The molecule has 0 amide bonds. The molecule has 2 rings (SSSR count). The predicted octanol–water partition coefficient (Wildman–Crippen LogP) is 4.11. The lowest BCUT2D eigenvalue weighted by atomic mass is 10.2. The Morgan fingerprint density at radius 1 is 0.938 bits per heavy atom. The molecule has 0 fully saturated rings. The molecular formula is C15H17N. The average Bonchev–Trinajstić information content (AvgIpc) is 2.33. The molecule has 2 aromatic rings. The van der Waals surface area contributed by atoms with Crippen molar-refractivity contribution >= 4 is 6.08 Å². The molecule has 0 N–H and O–H groups in total. The molecule has 0 spiro atoms. The minimum absolute atomic E-state index is 1.26. The Hall–Kier alpha value is -1.89. The molecule has 0 saturated heterocycles. The number of pyridine rings is 1. The summed E-state index contributed by atoms with van der Waals surface area (Å²) in [5.74, 6) is 0. The second-order valence-electron chi connectivity index (χ2n) is 3.44. The maximum atomic E-state index is 3.85. The van der Waals surface area contributed by atoms with Gasteiger partial charge in [-0.3, -0.25) is 4.98 Å². The predicted molar refractivity (Wildman–Crippen MR) is 70.1 cm³/mol. The molecule has 1 aromatic heterocycles. The molecule has 0 unspecified atom stereocenters. The number of hydrogen-bond donors (Lipinski definition) is 0. The van der Waals surface area contributed by atoms with Crippen molar-refractivity contribution in [2.75, 3.05) is 0 Å². The largest absolute Gasteiger partial charge is 0.265 e. The van der Waals surface area contributed by atoms with Gasteiger partial charge in [-0.05, 0) is 37.1 Å². The van der Waals surface area contributed by atoms with Gasteiger partial charge in [-0.1, -0.05) is 42.5 Å². The minimum Gasteiger partial charge on any atom is -0.265 e. The van der Waals surface area contributed by atoms with Crippen LogP contribution in [0.25, 0.3) is 6.08 Å². The van der Waals surface area contributed by atoms with Crippen molar-refractivity contribution < 1.29 is 0 Å². The van der Waals surface area contributed by atoms with Crippen molar-refractivity contribution in [1.82, 2.24) is 4.98 Å². The molecule has 0 atom stereocenters. The van der Waals surface area contributed by atoms with Crippen LogP contribution in [0.15, 0.2) is 60.9 Å². The van der Waals surface area contributed by atoms with Gasteiger partial charge >= 0.3 is 0 Å². The van der Waals surface area contributed by atoms with E-state index in [2.05, 4.69) is 23.2 Å². The van der Waals surface area contributed by atoms with Crippen LogP contribution in [0.1, 0.15) is 18.1 Å². The van der Waals surface area contributed by atoms with Crippen LogP contribution in [-0.4, -0.2) is 4.98 Å². The van der Waals surface area contributed by atoms with E-state index in [1.165, 1.54) is 11.1 Å². The highest BCUT2D eigenvalue weighted by molar-refractivity contribution is 5.47. The van der Waals surface area contributed by atoms with E-state index in [-0.39, 0.29) is 0 Å². The average molecular weight is 211 g/mol. The zero-order valence-corrected chi connectivity index (χ0v) is 9.80. The number of benzene rings is 1. The van der Waals surface area contributed by atoms with Gasteiger partial charge in [-0.15, -0.1) is 0 Å². The van der Waals surface area contributed by atoms with Gasteiger partial charge in [-0.25, -0.2) is 0 Å². The lowest BCUT2D eigenvalue weighted by molar-refractivity contribution is 1.29. The highest BCUT2D eigenvalue weighted by Crippen LogP contribution is 1.99. The second kappa shape index (κ2) is 7.41. The highest BCUT2D eigenvalue weighted by atomic mass is 14.6. The second-order valence-corrected chi connectivity index (χ2v) is 3.44. The molecule has 0 aliphatic heterocycles. The van der Waals surface area contributed by atoms with Crippen LogP contribution in [0.4, 0.5) is 0 Å². The monoisotopic (exact) mass is 211 g/mol. The van der Waals surface area contributed by atoms with E-state index in [4.69, 9.17) is 0 Å². The number of aryl methyl sites for hydroxylation is 1. The fourth-order valence-corrected chi connectivity index (χ4v) is 1.18. The summed E-state index contributed by atoms with van der Waals surface area (Å²) in [4.78, 5) is 3.85. The number of hydrogen-bond acceptors (Lipinski definition) is 1. The van der Waals surface area contributed by atoms with Gasteiger partial charge in [0.1, 0.15) is 0 Å². The van der Waals surface area contributed by atoms with E-state index in [1.807, 2.05) is 50.3 Å². The molecule has 0 aliphatic carbocycles. The molecule has 0 bridgehead atoms. The Balaban J connectivity index is 0.000000165. The van der Waals surface area contributed by atoms with Gasteiger partial charge in [-0.2, -0.15) is 0 Å². The van der Waals surface area contributed by atoms with Gasteiger partial charge in [0.15, 0.2) is 0 Å². The molecular weight excluding hydrogens is 194 g/mol. The topological polar surface area (TPSA) is 12.9 Å². The maximum absolute atomic E-state index is 3.85. The fraction of sp³-hybridized carbons (Fsp3) is 0.133. The first-order chi connectivity index (χ1) is 7.83. The zero-order chi connectivity index (χ0) is 11.6. The lowest BCUT2D eigenvalue weighted by Crippen LogP contribution is -1.68. The van der Waals surface area contributed by atoms with E-state index >= 15 is 0 Å². The molecule has 0 saturated carbocycles. The molecule has 1 heteroatoms. The van der Waals surface area contributed by atoms with Gasteiger partial charge in [0, 0.05) is 12.4 Å². The van der Waals surface area contributed by atoms with Gasteiger partial charge in [0.05, 0.1) is 0 Å². The quantitative estimate of drug-likeness (QED) is 0.691. The van der Waals surface area contributed by atoms with Crippen molar-refractivity contribution in [2.24, 2.45) is 0 Å². The van der Waals surface area contributed by atoms with Crippen LogP contribution < -0.4 is 0 Å². The molecule has 0 radical (unpaired) electrons. The summed E-state index contributed by atoms with van der Waals surface area (Å²) >= 11 is 0. The third-order valence-electron chi connectivity index (χ3n) is 2.01. The molecule has 1 heterocycles. The normalized spacial score (nSPS) is 9.62. The van der Waals surface area contributed by atoms with Crippen LogP contribution >= 0.6 is 0 Å². The maximum Gasteiger partial charge on any atom is 0.0270 e. The third kappa shape index (κ3) is 5.11. The van der Waals surface area contributed by atoms with Gasteiger partial charge in [0.25, 0.3) is 0 Å². The third-order valence-corrected chi connectivity index (χ3v) is 2.01. The summed E-state index contributed by atoms with van der Waals surface area (Å²) in [6, 6.07) is 14.2. The number of nitrogens with zero attached hydrogens (tertiary/aromatic N) is 1. The summed E-state index contributed by atoms with van der Waals surface area (Å²) in [5, 5.41) is 0. The van der Waals surface area contributed by atoms with Crippen molar-refractivity contribution in [2.45, 2.75) is 13.8 Å². The highest BCUT2D eigenvalue weighted by Gasteiger charge is 1.77. The number of rotatable bonds is 1. The summed E-state index contributed by atoms with van der Waals surface area (Å²) in [6.45, 7) is 4.06. The first kappa shape index (κ1) is 12.2. The molecule has 16 heavy (non-hydrogen) atoms. The van der Waals surface area contributed by atoms with Gasteiger partial charge < -0.3 is 0 Å². The Bertz CT molecular complexity index is 404. The molecule has 1 nitrogen and oxygen atoms in total. The van der Waals surface area contributed by atoms with Crippen molar-refractivity contribution in [3.05, 3.63) is 72.1 Å². The summed E-state index contributed by atoms with van der Waals surface area (Å²) < 4.78 is 0. The Morgan fingerprint density at radius 3 is 2.00 bits per heavy atom. The van der Waals surface area contributed by atoms with E-state index in [0.717, 1.165) is 0 Å². The summed E-state index contributed by atoms with van der Waals surface area (Å²) in [6.07, 6.45) is 7.69. The molecule has 0 aliphatic rings. The smallest absolute Gasteiger partial charge is 0.0270 e. The van der Waals surface area contributed by atoms with Crippen LogP contribution in [0.2, 0.25) is 0 Å². The molecule has 1 aromatic carbocycles. The van der Waals surface area contributed by atoms with E-state index in [0.29, 0.717) is 0 Å². The fourth-order valence-electron chi connectivity index (χ4n) is 1.18.